The van der Waals surface area contributed by atoms with Gasteiger partial charge in [0.2, 0.25) is 0 Å². The van der Waals surface area contributed by atoms with E-state index in [4.69, 9.17) is 5.11 Å². The van der Waals surface area contributed by atoms with Crippen molar-refractivity contribution in [1.82, 2.24) is 5.32 Å². The number of carboxylic acid groups (broad SMARTS) is 1. The molecule has 0 saturated carbocycles. The first-order chi connectivity index (χ1) is 9.87. The van der Waals surface area contributed by atoms with Crippen molar-refractivity contribution in [3.63, 3.8) is 0 Å². The molecule has 1 fully saturated rings. The van der Waals surface area contributed by atoms with Gasteiger partial charge in [-0.3, -0.25) is 0 Å². The average molecular weight is 312 g/mol. The molecule has 8 heteroatoms. The molecule has 1 saturated heterocycles. The molecule has 1 aliphatic rings. The van der Waals surface area contributed by atoms with E-state index >= 15 is 0 Å². The van der Waals surface area contributed by atoms with E-state index in [1.165, 1.54) is 12.1 Å². The van der Waals surface area contributed by atoms with E-state index in [9.17, 15) is 18.0 Å². The van der Waals surface area contributed by atoms with Gasteiger partial charge >= 0.3 is 12.0 Å². The summed E-state index contributed by atoms with van der Waals surface area (Å²) in [5.74, 6) is -1.01. The maximum atomic E-state index is 11.9. The Labute approximate surface area is 122 Å². The number of carbonyl (C=O) groups excluding carboxylic acids is 1. The molecule has 0 aliphatic carbocycles. The van der Waals surface area contributed by atoms with Gasteiger partial charge in [-0.25, -0.2) is 18.0 Å². The van der Waals surface area contributed by atoms with Crippen molar-refractivity contribution >= 4 is 27.5 Å². The molecule has 1 aliphatic heterocycles. The number of aromatic carboxylic acids is 1. The number of benzene rings is 1. The van der Waals surface area contributed by atoms with E-state index in [-0.39, 0.29) is 28.8 Å². The lowest BCUT2D eigenvalue weighted by atomic mass is 10.1. The number of urea groups is 1. The number of nitrogens with one attached hydrogen (secondary N) is 2. The van der Waals surface area contributed by atoms with Crippen LogP contribution >= 0.6 is 0 Å². The van der Waals surface area contributed by atoms with Gasteiger partial charge in [-0.2, -0.15) is 0 Å². The van der Waals surface area contributed by atoms with Gasteiger partial charge in [0.05, 0.1) is 22.8 Å². The Balaban J connectivity index is 1.95. The Morgan fingerprint density at radius 1 is 1.14 bits per heavy atom. The minimum Gasteiger partial charge on any atom is -0.478 e. The molecular weight excluding hydrogens is 296 g/mol. The highest BCUT2D eigenvalue weighted by Gasteiger charge is 2.24. The summed E-state index contributed by atoms with van der Waals surface area (Å²) in [4.78, 5) is 22.9. The minimum absolute atomic E-state index is 0.00104. The van der Waals surface area contributed by atoms with Gasteiger partial charge in [-0.1, -0.05) is 12.1 Å². The summed E-state index contributed by atoms with van der Waals surface area (Å²) >= 11 is 0. The molecule has 7 nitrogen and oxygen atoms in total. The Hall–Kier alpha value is -2.09. The van der Waals surface area contributed by atoms with Crippen molar-refractivity contribution in [2.24, 2.45) is 0 Å². The van der Waals surface area contributed by atoms with Gasteiger partial charge in [-0.05, 0) is 25.0 Å². The number of anilines is 1. The maximum Gasteiger partial charge on any atom is 0.337 e. The number of rotatable bonds is 3. The number of carboxylic acids is 1. The van der Waals surface area contributed by atoms with E-state index in [0.717, 1.165) is 0 Å². The molecule has 3 N–H and O–H groups in total. The zero-order valence-electron chi connectivity index (χ0n) is 11.2. The molecular formula is C13H16N2O5S. The van der Waals surface area contributed by atoms with E-state index < -0.39 is 21.8 Å². The third kappa shape index (κ3) is 4.19. The molecule has 21 heavy (non-hydrogen) atoms. The highest BCUT2D eigenvalue weighted by atomic mass is 32.2. The van der Waals surface area contributed by atoms with Gasteiger partial charge < -0.3 is 15.7 Å². The number of carbonyl (C=O) groups is 2. The minimum atomic E-state index is -2.98. The highest BCUT2D eigenvalue weighted by Crippen LogP contribution is 2.16. The lowest BCUT2D eigenvalue weighted by Crippen LogP contribution is -2.42. The Bertz CT molecular complexity index is 642. The van der Waals surface area contributed by atoms with E-state index in [1.54, 1.807) is 12.1 Å². The lowest BCUT2D eigenvalue weighted by Gasteiger charge is -2.23. The van der Waals surface area contributed by atoms with Crippen LogP contribution in [0.2, 0.25) is 0 Å². The van der Waals surface area contributed by atoms with Crippen LogP contribution in [0.5, 0.6) is 0 Å². The molecule has 0 unspecified atom stereocenters. The summed E-state index contributed by atoms with van der Waals surface area (Å²) in [7, 11) is -2.98. The Morgan fingerprint density at radius 2 is 1.76 bits per heavy atom. The van der Waals surface area contributed by atoms with E-state index in [1.807, 2.05) is 0 Å². The van der Waals surface area contributed by atoms with Crippen molar-refractivity contribution in [2.75, 3.05) is 16.8 Å². The normalized spacial score (nSPS) is 17.9. The molecule has 2 amide bonds. The van der Waals surface area contributed by atoms with Crippen LogP contribution in [0.25, 0.3) is 0 Å². The SMILES string of the molecule is O=C(Nc1ccccc1C(=O)O)NC1CCS(=O)(=O)CC1. The largest absolute Gasteiger partial charge is 0.478 e. The monoisotopic (exact) mass is 312 g/mol. The van der Waals surface area contributed by atoms with Crippen LogP contribution < -0.4 is 10.6 Å². The van der Waals surface area contributed by atoms with E-state index in [2.05, 4.69) is 10.6 Å². The average Bonchev–Trinajstić information content (AvgIpc) is 2.41. The molecule has 0 bridgehead atoms. The second kappa shape index (κ2) is 6.13. The predicted octanol–water partition coefficient (Wildman–Crippen LogP) is 1.08. The van der Waals surface area contributed by atoms with Gasteiger partial charge in [0.1, 0.15) is 9.84 Å². The third-order valence-corrected chi connectivity index (χ3v) is 5.01. The molecule has 2 rings (SSSR count). The lowest BCUT2D eigenvalue weighted by molar-refractivity contribution is 0.0698. The second-order valence-corrected chi connectivity index (χ2v) is 7.18. The zero-order valence-corrected chi connectivity index (χ0v) is 12.0. The maximum absolute atomic E-state index is 11.9. The number of hydrogen-bond acceptors (Lipinski definition) is 4. The first kappa shape index (κ1) is 15.3. The predicted molar refractivity (Wildman–Crippen MR) is 77.2 cm³/mol. The van der Waals surface area contributed by atoms with Crippen LogP contribution in [0.15, 0.2) is 24.3 Å². The van der Waals surface area contributed by atoms with E-state index in [0.29, 0.717) is 12.8 Å². The van der Waals surface area contributed by atoms with Gasteiger partial charge in [0.15, 0.2) is 0 Å². The van der Waals surface area contributed by atoms with Crippen molar-refractivity contribution in [2.45, 2.75) is 18.9 Å². The van der Waals surface area contributed by atoms with Crippen molar-refractivity contribution in [3.8, 4) is 0 Å². The van der Waals surface area contributed by atoms with Crippen LogP contribution in [0.1, 0.15) is 23.2 Å². The fraction of sp³-hybridized carbons (Fsp3) is 0.385. The fourth-order valence-corrected chi connectivity index (χ4v) is 3.65. The Morgan fingerprint density at radius 3 is 2.38 bits per heavy atom. The number of amides is 2. The molecule has 0 spiro atoms. The third-order valence-electron chi connectivity index (χ3n) is 3.30. The number of hydrogen-bond donors (Lipinski definition) is 3. The molecule has 0 radical (unpaired) electrons. The first-order valence-corrected chi connectivity index (χ1v) is 8.30. The van der Waals surface area contributed by atoms with Crippen LogP contribution in [0.4, 0.5) is 10.5 Å². The van der Waals surface area contributed by atoms with Gasteiger partial charge in [-0.15, -0.1) is 0 Å². The summed E-state index contributed by atoms with van der Waals surface area (Å²) in [5.41, 5.74) is 0.199. The quantitative estimate of drug-likeness (QED) is 0.773. The molecule has 1 aromatic carbocycles. The van der Waals surface area contributed by atoms with Crippen LogP contribution in [0.3, 0.4) is 0 Å². The van der Waals surface area contributed by atoms with Crippen LogP contribution in [0, 0.1) is 0 Å². The molecule has 1 aromatic rings. The van der Waals surface area contributed by atoms with Crippen molar-refractivity contribution < 1.29 is 23.1 Å². The van der Waals surface area contributed by atoms with Gasteiger partial charge in [0, 0.05) is 6.04 Å². The second-order valence-electron chi connectivity index (χ2n) is 4.88. The summed E-state index contributed by atoms with van der Waals surface area (Å²) in [6, 6.07) is 5.33. The van der Waals surface area contributed by atoms with Crippen LogP contribution in [-0.2, 0) is 9.84 Å². The molecule has 0 atom stereocenters. The highest BCUT2D eigenvalue weighted by molar-refractivity contribution is 7.91. The first-order valence-electron chi connectivity index (χ1n) is 6.48. The standard InChI is InChI=1S/C13H16N2O5S/c16-12(17)10-3-1-2-4-11(10)15-13(18)14-9-5-7-21(19,20)8-6-9/h1-4,9H,5-8H2,(H,16,17)(H2,14,15,18). The molecule has 0 aromatic heterocycles. The fourth-order valence-electron chi connectivity index (χ4n) is 2.16. The molecule has 1 heterocycles. The summed E-state index contributed by atoms with van der Waals surface area (Å²) in [5, 5.41) is 14.2. The summed E-state index contributed by atoms with van der Waals surface area (Å²) < 4.78 is 22.6. The van der Waals surface area contributed by atoms with Crippen LogP contribution in [-0.4, -0.2) is 43.1 Å². The van der Waals surface area contributed by atoms with Crippen molar-refractivity contribution in [1.29, 1.82) is 0 Å². The number of para-hydroxylation sites is 1. The zero-order chi connectivity index (χ0) is 15.5. The smallest absolute Gasteiger partial charge is 0.337 e. The number of sulfone groups is 1. The summed E-state index contributed by atoms with van der Waals surface area (Å²) in [6.07, 6.45) is 0.743. The topological polar surface area (TPSA) is 113 Å². The molecule has 114 valence electrons. The van der Waals surface area contributed by atoms with Crippen molar-refractivity contribution in [3.05, 3.63) is 29.8 Å². The summed E-state index contributed by atoms with van der Waals surface area (Å²) in [6.45, 7) is 0. The Kier molecular flexibility index (Phi) is 4.46. The van der Waals surface area contributed by atoms with Gasteiger partial charge in [0.25, 0.3) is 0 Å².